The molecule has 1 aliphatic rings. The van der Waals surface area contributed by atoms with E-state index >= 15 is 0 Å². The number of ether oxygens (including phenoxy) is 1. The molecule has 0 aliphatic carbocycles. The van der Waals surface area contributed by atoms with Gasteiger partial charge in [-0.15, -0.1) is 0 Å². The molecule has 20 heavy (non-hydrogen) atoms. The van der Waals surface area contributed by atoms with Gasteiger partial charge in [0.2, 0.25) is 0 Å². The van der Waals surface area contributed by atoms with E-state index in [0.29, 0.717) is 12.1 Å². The zero-order valence-corrected chi connectivity index (χ0v) is 11.9. The Kier molecular flexibility index (Phi) is 4.57. The number of piperidine rings is 1. The first-order chi connectivity index (χ1) is 9.56. The molecule has 0 bridgehead atoms. The van der Waals surface area contributed by atoms with Gasteiger partial charge in [-0.3, -0.25) is 10.1 Å². The maximum Gasteiger partial charge on any atom is 0.272 e. The molecule has 0 saturated carbocycles. The van der Waals surface area contributed by atoms with E-state index in [9.17, 15) is 10.1 Å². The average Bonchev–Trinajstić information content (AvgIpc) is 2.46. The summed E-state index contributed by atoms with van der Waals surface area (Å²) in [4.78, 5) is 12.7. The molecule has 2 atom stereocenters. The lowest BCUT2D eigenvalue weighted by Crippen LogP contribution is -2.48. The number of aryl methyl sites for hydroxylation is 1. The van der Waals surface area contributed by atoms with Gasteiger partial charge in [0.15, 0.2) is 0 Å². The van der Waals surface area contributed by atoms with Gasteiger partial charge in [0.05, 0.1) is 11.0 Å². The molecule has 0 spiro atoms. The van der Waals surface area contributed by atoms with Crippen LogP contribution in [-0.4, -0.2) is 37.3 Å². The van der Waals surface area contributed by atoms with E-state index in [-0.39, 0.29) is 22.8 Å². The Hall–Kier alpha value is -1.66. The van der Waals surface area contributed by atoms with Crippen LogP contribution in [0.2, 0.25) is 0 Å². The van der Waals surface area contributed by atoms with E-state index in [1.807, 2.05) is 6.07 Å². The van der Waals surface area contributed by atoms with Crippen molar-refractivity contribution in [3.63, 3.8) is 0 Å². The van der Waals surface area contributed by atoms with Crippen LogP contribution in [0.1, 0.15) is 18.4 Å². The fourth-order valence-corrected chi connectivity index (χ4v) is 2.81. The quantitative estimate of drug-likeness (QED) is 0.672. The van der Waals surface area contributed by atoms with Crippen LogP contribution >= 0.6 is 0 Å². The van der Waals surface area contributed by atoms with Crippen molar-refractivity contribution in [3.8, 4) is 0 Å². The van der Waals surface area contributed by atoms with Crippen LogP contribution in [0, 0.1) is 17.0 Å². The Morgan fingerprint density at radius 2 is 2.30 bits per heavy atom. The number of methoxy groups -OCH3 is 1. The van der Waals surface area contributed by atoms with Crippen molar-refractivity contribution >= 4 is 11.4 Å². The molecule has 1 aromatic rings. The lowest BCUT2D eigenvalue weighted by molar-refractivity contribution is -0.385. The Labute approximate surface area is 118 Å². The summed E-state index contributed by atoms with van der Waals surface area (Å²) in [6.45, 7) is 3.18. The molecule has 6 nitrogen and oxygen atoms in total. The summed E-state index contributed by atoms with van der Waals surface area (Å²) in [7, 11) is 1.73. The number of nitrogens with two attached hydrogens (primary N) is 1. The van der Waals surface area contributed by atoms with Crippen LogP contribution in [0.15, 0.2) is 18.2 Å². The number of nitro benzene ring substituents is 1. The van der Waals surface area contributed by atoms with Crippen LogP contribution in [0.4, 0.5) is 11.4 Å². The highest BCUT2D eigenvalue weighted by Crippen LogP contribution is 2.29. The zero-order chi connectivity index (χ0) is 14.7. The normalized spacial score (nSPS) is 22.9. The van der Waals surface area contributed by atoms with Crippen LogP contribution < -0.4 is 10.6 Å². The second kappa shape index (κ2) is 6.19. The summed E-state index contributed by atoms with van der Waals surface area (Å²) in [5.41, 5.74) is 7.69. The van der Waals surface area contributed by atoms with Gasteiger partial charge in [0.1, 0.15) is 0 Å². The second-order valence-corrected chi connectivity index (χ2v) is 5.19. The average molecular weight is 279 g/mol. The number of anilines is 1. The van der Waals surface area contributed by atoms with Gasteiger partial charge < -0.3 is 15.4 Å². The minimum absolute atomic E-state index is 0.157. The molecule has 110 valence electrons. The number of nitrogens with zero attached hydrogens (tertiary/aromatic N) is 2. The van der Waals surface area contributed by atoms with Crippen molar-refractivity contribution in [2.24, 2.45) is 5.73 Å². The van der Waals surface area contributed by atoms with Crippen LogP contribution in [0.5, 0.6) is 0 Å². The lowest BCUT2D eigenvalue weighted by atomic mass is 9.98. The predicted molar refractivity (Wildman–Crippen MR) is 78.1 cm³/mol. The van der Waals surface area contributed by atoms with Gasteiger partial charge in [0.25, 0.3) is 5.69 Å². The van der Waals surface area contributed by atoms with Gasteiger partial charge in [-0.2, -0.15) is 0 Å². The summed E-state index contributed by atoms with van der Waals surface area (Å²) in [6, 6.07) is 5.46. The zero-order valence-electron chi connectivity index (χ0n) is 11.9. The molecule has 1 aromatic carbocycles. The topological polar surface area (TPSA) is 81.6 Å². The molecule has 1 fully saturated rings. The molecule has 0 radical (unpaired) electrons. The third-order valence-corrected chi connectivity index (χ3v) is 3.98. The summed E-state index contributed by atoms with van der Waals surface area (Å²) in [5.74, 6) is 0. The van der Waals surface area contributed by atoms with Crippen molar-refractivity contribution < 1.29 is 9.66 Å². The van der Waals surface area contributed by atoms with Gasteiger partial charge in [-0.25, -0.2) is 0 Å². The first-order valence-electron chi connectivity index (χ1n) is 6.81. The first kappa shape index (κ1) is 14.7. The SMILES string of the molecule is COC1CCN(c2ccc([N+](=O)[O-])c(C)c2)C(CN)C1. The van der Waals surface area contributed by atoms with Crippen molar-refractivity contribution in [1.82, 2.24) is 0 Å². The van der Waals surface area contributed by atoms with Crippen molar-refractivity contribution in [3.05, 3.63) is 33.9 Å². The molecule has 1 saturated heterocycles. The number of hydrogen-bond donors (Lipinski definition) is 1. The molecule has 1 aliphatic heterocycles. The van der Waals surface area contributed by atoms with Crippen molar-refractivity contribution in [2.45, 2.75) is 31.9 Å². The van der Waals surface area contributed by atoms with E-state index < -0.39 is 0 Å². The lowest BCUT2D eigenvalue weighted by Gasteiger charge is -2.40. The maximum absolute atomic E-state index is 10.9. The molecule has 1 heterocycles. The summed E-state index contributed by atoms with van der Waals surface area (Å²) >= 11 is 0. The molecular weight excluding hydrogens is 258 g/mol. The highest BCUT2D eigenvalue weighted by atomic mass is 16.6. The van der Waals surface area contributed by atoms with Gasteiger partial charge in [-0.05, 0) is 31.9 Å². The minimum atomic E-state index is -0.351. The molecule has 2 unspecified atom stereocenters. The fraction of sp³-hybridized carbons (Fsp3) is 0.571. The largest absolute Gasteiger partial charge is 0.381 e. The maximum atomic E-state index is 10.9. The molecule has 2 N–H and O–H groups in total. The number of hydrogen-bond acceptors (Lipinski definition) is 5. The van der Waals surface area contributed by atoms with E-state index in [0.717, 1.165) is 25.1 Å². The Morgan fingerprint density at radius 1 is 1.55 bits per heavy atom. The third kappa shape index (κ3) is 2.91. The van der Waals surface area contributed by atoms with Crippen LogP contribution in [0.25, 0.3) is 0 Å². The number of benzene rings is 1. The van der Waals surface area contributed by atoms with Crippen molar-refractivity contribution in [1.29, 1.82) is 0 Å². The van der Waals surface area contributed by atoms with Crippen molar-refractivity contribution in [2.75, 3.05) is 25.1 Å². The number of nitro groups is 1. The smallest absolute Gasteiger partial charge is 0.272 e. The van der Waals surface area contributed by atoms with Gasteiger partial charge >= 0.3 is 0 Å². The van der Waals surface area contributed by atoms with E-state index in [2.05, 4.69) is 4.90 Å². The van der Waals surface area contributed by atoms with Gasteiger partial charge in [0, 0.05) is 43.6 Å². The number of rotatable bonds is 4. The third-order valence-electron chi connectivity index (χ3n) is 3.98. The van der Waals surface area contributed by atoms with Gasteiger partial charge in [-0.1, -0.05) is 0 Å². The summed E-state index contributed by atoms with van der Waals surface area (Å²) < 4.78 is 5.41. The van der Waals surface area contributed by atoms with Crippen LogP contribution in [0.3, 0.4) is 0 Å². The standard InChI is InChI=1S/C14H21N3O3/c1-10-7-11(3-4-14(10)17(18)19)16-6-5-13(20-2)8-12(16)9-15/h3-4,7,12-13H,5-6,8-9,15H2,1-2H3. The minimum Gasteiger partial charge on any atom is -0.381 e. The molecule has 0 amide bonds. The second-order valence-electron chi connectivity index (χ2n) is 5.19. The monoisotopic (exact) mass is 279 g/mol. The predicted octanol–water partition coefficient (Wildman–Crippen LogP) is 1.85. The Bertz CT molecular complexity index is 493. The molecule has 2 rings (SSSR count). The highest BCUT2D eigenvalue weighted by Gasteiger charge is 2.28. The highest BCUT2D eigenvalue weighted by molar-refractivity contribution is 5.56. The van der Waals surface area contributed by atoms with Crippen LogP contribution in [-0.2, 0) is 4.74 Å². The summed E-state index contributed by atoms with van der Waals surface area (Å²) in [6.07, 6.45) is 2.09. The Morgan fingerprint density at radius 3 is 2.85 bits per heavy atom. The molecular formula is C14H21N3O3. The van der Waals surface area contributed by atoms with E-state index in [1.165, 1.54) is 0 Å². The molecule has 6 heteroatoms. The summed E-state index contributed by atoms with van der Waals surface area (Å²) in [5, 5.41) is 10.9. The fourth-order valence-electron chi connectivity index (χ4n) is 2.81. The Balaban J connectivity index is 2.22. The van der Waals surface area contributed by atoms with E-state index in [1.54, 1.807) is 26.2 Å². The molecule has 0 aromatic heterocycles. The van der Waals surface area contributed by atoms with E-state index in [4.69, 9.17) is 10.5 Å². The first-order valence-corrected chi connectivity index (χ1v) is 6.81.